The fourth-order valence-electron chi connectivity index (χ4n) is 0. The average Bonchev–Trinajstić information content (AvgIpc) is 0.811. The molecule has 4 heteroatoms. The summed E-state index contributed by atoms with van der Waals surface area (Å²) in [7, 11) is 0. The SMILES string of the molecule is ClP(Cl)Br. The molecule has 0 rings (SSSR count). The van der Waals surface area contributed by atoms with Gasteiger partial charge in [0.1, 0.15) is 0 Å². The Labute approximate surface area is 43.5 Å². The summed E-state index contributed by atoms with van der Waals surface area (Å²) in [5.74, 6) is 0. The molecule has 0 heterocycles. The van der Waals surface area contributed by atoms with Gasteiger partial charge in [0.25, 0.3) is 0 Å². The molecule has 0 amide bonds. The highest BCUT2D eigenvalue weighted by atomic mass is 79.9. The van der Waals surface area contributed by atoms with Crippen molar-refractivity contribution in [3.63, 3.8) is 0 Å². The normalized spacial score (nSPS) is 9.00. The van der Waals surface area contributed by atoms with Crippen molar-refractivity contribution < 1.29 is 0 Å². The number of hydrogen-bond acceptors (Lipinski definition) is 0. The first-order chi connectivity index (χ1) is 1.73. The van der Waals surface area contributed by atoms with E-state index in [0.29, 0.717) is 0 Å². The van der Waals surface area contributed by atoms with Crippen LogP contribution in [0.3, 0.4) is 0 Å². The van der Waals surface area contributed by atoms with E-state index in [-0.39, 0.29) is 0 Å². The molecule has 0 radical (unpaired) electrons. The molecule has 4 heavy (non-hydrogen) atoms. The Morgan fingerprint density at radius 1 is 1.50 bits per heavy atom. The molecule has 0 aliphatic heterocycles. The zero-order valence-corrected chi connectivity index (χ0v) is 5.57. The molecule has 0 N–H and O–H groups in total. The van der Waals surface area contributed by atoms with Crippen LogP contribution in [0.25, 0.3) is 0 Å². The molecule has 0 unspecified atom stereocenters. The smallest absolute Gasteiger partial charge is 0.0650 e. The first-order valence-electron chi connectivity index (χ1n) is 0.507. The van der Waals surface area contributed by atoms with Crippen LogP contribution in [0.1, 0.15) is 0 Å². The molecule has 0 aromatic carbocycles. The maximum absolute atomic E-state index is 5.02. The topological polar surface area (TPSA) is 0 Å². The average molecular weight is 182 g/mol. The van der Waals surface area contributed by atoms with E-state index in [0.717, 1.165) is 0 Å². The zero-order chi connectivity index (χ0) is 3.58. The highest BCUT2D eigenvalue weighted by Gasteiger charge is 1.79. The minimum atomic E-state index is -0.863. The number of hydrogen-bond donors (Lipinski definition) is 0. The van der Waals surface area contributed by atoms with E-state index < -0.39 is 5.33 Å². The largest absolute Gasteiger partial charge is 0.154 e. The molecule has 0 fully saturated rings. The highest BCUT2D eigenvalue weighted by molar-refractivity contribution is 9.44. The molecule has 0 aromatic heterocycles. The van der Waals surface area contributed by atoms with Crippen LogP contribution < -0.4 is 0 Å². The number of halogens is 3. The Morgan fingerprint density at radius 2 is 1.50 bits per heavy atom. The quantitative estimate of drug-likeness (QED) is 0.504. The molecule has 26 valence electrons. The lowest BCUT2D eigenvalue weighted by molar-refractivity contribution is 4.79. The van der Waals surface area contributed by atoms with E-state index in [9.17, 15) is 0 Å². The zero-order valence-electron chi connectivity index (χ0n) is 1.58. The summed E-state index contributed by atoms with van der Waals surface area (Å²) in [6.07, 6.45) is 0. The standard InChI is InChI=1S/BrCl2P/c1-4(2)3. The molecule has 0 aliphatic rings. The Balaban J connectivity index is 2.32. The van der Waals surface area contributed by atoms with Crippen LogP contribution in [0.5, 0.6) is 0 Å². The lowest BCUT2D eigenvalue weighted by Crippen LogP contribution is -0.932. The van der Waals surface area contributed by atoms with Crippen LogP contribution in [0, 0.1) is 0 Å². The lowest BCUT2D eigenvalue weighted by Gasteiger charge is -1.68. The van der Waals surface area contributed by atoms with Crippen molar-refractivity contribution in [3.05, 3.63) is 0 Å². The van der Waals surface area contributed by atoms with Gasteiger partial charge in [0.05, 0.1) is 0 Å². The van der Waals surface area contributed by atoms with E-state index in [1.165, 1.54) is 0 Å². The van der Waals surface area contributed by atoms with E-state index in [1.54, 1.807) is 0 Å². The highest BCUT2D eigenvalue weighted by Crippen LogP contribution is 2.54. The Morgan fingerprint density at radius 3 is 1.50 bits per heavy atom. The van der Waals surface area contributed by atoms with E-state index >= 15 is 0 Å². The maximum atomic E-state index is 5.02. The van der Waals surface area contributed by atoms with Crippen LogP contribution in [0.4, 0.5) is 0 Å². The van der Waals surface area contributed by atoms with Gasteiger partial charge in [-0.25, -0.2) is 0 Å². The van der Waals surface area contributed by atoms with Gasteiger partial charge in [-0.2, -0.15) is 0 Å². The van der Waals surface area contributed by atoms with Crippen molar-refractivity contribution in [2.24, 2.45) is 0 Å². The van der Waals surface area contributed by atoms with E-state index in [1.807, 2.05) is 0 Å². The van der Waals surface area contributed by atoms with Crippen molar-refractivity contribution in [3.8, 4) is 0 Å². The van der Waals surface area contributed by atoms with Gasteiger partial charge in [0.2, 0.25) is 0 Å². The van der Waals surface area contributed by atoms with Crippen LogP contribution in [0.2, 0.25) is 0 Å². The minimum Gasteiger partial charge on any atom is -0.0650 e. The van der Waals surface area contributed by atoms with Crippen molar-refractivity contribution >= 4 is 43.3 Å². The maximum Gasteiger partial charge on any atom is 0.154 e. The van der Waals surface area contributed by atoms with Crippen LogP contribution in [-0.2, 0) is 0 Å². The molecule has 0 spiro atoms. The minimum absolute atomic E-state index is 0.863. The summed E-state index contributed by atoms with van der Waals surface area (Å²) >= 11 is 12.9. The van der Waals surface area contributed by atoms with Gasteiger partial charge < -0.3 is 0 Å². The summed E-state index contributed by atoms with van der Waals surface area (Å²) in [6.45, 7) is 0. The van der Waals surface area contributed by atoms with Crippen molar-refractivity contribution in [2.45, 2.75) is 0 Å². The van der Waals surface area contributed by atoms with Crippen molar-refractivity contribution in [1.82, 2.24) is 0 Å². The molecule has 0 saturated heterocycles. The third kappa shape index (κ3) is 9.75. The van der Waals surface area contributed by atoms with Gasteiger partial charge in [-0.1, -0.05) is 22.5 Å². The summed E-state index contributed by atoms with van der Waals surface area (Å²) in [4.78, 5) is 0. The van der Waals surface area contributed by atoms with Crippen LogP contribution in [0.15, 0.2) is 0 Å². The monoisotopic (exact) mass is 180 g/mol. The number of rotatable bonds is 0. The van der Waals surface area contributed by atoms with E-state index in [4.69, 9.17) is 22.5 Å². The molecule has 0 aliphatic carbocycles. The first kappa shape index (κ1) is 5.49. The predicted molar refractivity (Wildman–Crippen MR) is 27.6 cm³/mol. The summed E-state index contributed by atoms with van der Waals surface area (Å²) in [5.41, 5.74) is 0. The van der Waals surface area contributed by atoms with Crippen LogP contribution >= 0.6 is 43.3 Å². The Bertz CT molecular complexity index is 10.8. The van der Waals surface area contributed by atoms with Gasteiger partial charge in [-0.3, -0.25) is 0 Å². The first-order valence-corrected chi connectivity index (χ1v) is 5.68. The van der Waals surface area contributed by atoms with E-state index in [2.05, 4.69) is 15.5 Å². The third-order valence-corrected chi connectivity index (χ3v) is 0. The summed E-state index contributed by atoms with van der Waals surface area (Å²) in [6, 6.07) is 0. The lowest BCUT2D eigenvalue weighted by atomic mass is 30.5. The Hall–Kier alpha value is 1.49. The Kier molecular flexibility index (Phi) is 3.72. The molecule has 0 aromatic rings. The van der Waals surface area contributed by atoms with Gasteiger partial charge in [0, 0.05) is 0 Å². The second-order valence-corrected chi connectivity index (χ2v) is 7.70. The molecule has 0 saturated carbocycles. The fraction of sp³-hybridized carbons (Fsp3) is 0. The molecule has 0 nitrogen and oxygen atoms in total. The summed E-state index contributed by atoms with van der Waals surface area (Å²) in [5, 5.41) is -0.863. The van der Waals surface area contributed by atoms with Crippen molar-refractivity contribution in [1.29, 1.82) is 0 Å². The van der Waals surface area contributed by atoms with Gasteiger partial charge >= 0.3 is 0 Å². The second kappa shape index (κ2) is 2.71. The summed E-state index contributed by atoms with van der Waals surface area (Å²) < 4.78 is 0. The molecule has 0 atom stereocenters. The predicted octanol–water partition coefficient (Wildman–Crippen LogP) is 3.09. The van der Waals surface area contributed by atoms with Crippen molar-refractivity contribution in [2.75, 3.05) is 0 Å². The van der Waals surface area contributed by atoms with Gasteiger partial charge in [0.15, 0.2) is 5.33 Å². The molecule has 0 bridgehead atoms. The van der Waals surface area contributed by atoms with Gasteiger partial charge in [-0.15, -0.1) is 0 Å². The van der Waals surface area contributed by atoms with Crippen LogP contribution in [-0.4, -0.2) is 0 Å². The third-order valence-electron chi connectivity index (χ3n) is 0. The second-order valence-electron chi connectivity index (χ2n) is 0.192. The van der Waals surface area contributed by atoms with Gasteiger partial charge in [-0.05, 0) is 15.5 Å². The molecular weight excluding hydrogens is 182 g/mol. The molecular formula is BrCl2P. The fourth-order valence-corrected chi connectivity index (χ4v) is 0.